The molecule has 2 fully saturated rings. The van der Waals surface area contributed by atoms with E-state index in [1.54, 1.807) is 31.2 Å². The molecule has 0 saturated carbocycles. The van der Waals surface area contributed by atoms with Crippen molar-refractivity contribution in [3.05, 3.63) is 29.3 Å². The third-order valence-corrected chi connectivity index (χ3v) is 5.39. The minimum atomic E-state index is -1.06. The first-order valence-corrected chi connectivity index (χ1v) is 9.51. The molecule has 2 aliphatic rings. The molecule has 0 unspecified atom stereocenters. The van der Waals surface area contributed by atoms with Crippen LogP contribution in [0.2, 0.25) is 5.02 Å². The van der Waals surface area contributed by atoms with Gasteiger partial charge in [0.15, 0.2) is 0 Å². The quantitative estimate of drug-likeness (QED) is 0.860. The van der Waals surface area contributed by atoms with Crippen molar-refractivity contribution >= 4 is 17.5 Å². The molecule has 144 valence electrons. The first-order valence-electron chi connectivity index (χ1n) is 9.13. The number of benzene rings is 1. The molecule has 0 aromatic heterocycles. The first-order chi connectivity index (χ1) is 12.5. The van der Waals surface area contributed by atoms with Crippen molar-refractivity contribution in [2.75, 3.05) is 46.0 Å². The molecular formula is C19H27ClN2O4. The van der Waals surface area contributed by atoms with Gasteiger partial charge < -0.3 is 19.5 Å². The van der Waals surface area contributed by atoms with Crippen molar-refractivity contribution in [1.82, 2.24) is 9.80 Å². The Hall–Kier alpha value is -1.34. The van der Waals surface area contributed by atoms with E-state index in [2.05, 4.69) is 4.90 Å². The van der Waals surface area contributed by atoms with E-state index < -0.39 is 5.60 Å². The monoisotopic (exact) mass is 382 g/mol. The van der Waals surface area contributed by atoms with Gasteiger partial charge in [0, 0.05) is 44.2 Å². The zero-order valence-corrected chi connectivity index (χ0v) is 16.0. The Morgan fingerprint density at radius 1 is 1.31 bits per heavy atom. The molecule has 2 aliphatic heterocycles. The van der Waals surface area contributed by atoms with Gasteiger partial charge in [-0.25, -0.2) is 0 Å². The van der Waals surface area contributed by atoms with E-state index in [0.717, 1.165) is 32.5 Å². The van der Waals surface area contributed by atoms with Crippen LogP contribution >= 0.6 is 11.6 Å². The summed E-state index contributed by atoms with van der Waals surface area (Å²) >= 11 is 5.89. The summed E-state index contributed by atoms with van der Waals surface area (Å²) in [6, 6.07) is 7.46. The molecule has 1 aromatic carbocycles. The standard InChI is InChI=1S/C19H27ClN2O4/c1-15(23)21-8-6-17(7-9-21)22-10-11-25-13-19(24,12-22)14-26-18-4-2-16(20)3-5-18/h2-5,17,24H,6-14H2,1H3/t19-/m1/s1. The van der Waals surface area contributed by atoms with Crippen molar-refractivity contribution in [1.29, 1.82) is 0 Å². The lowest BCUT2D eigenvalue weighted by atomic mass is 9.99. The molecule has 26 heavy (non-hydrogen) atoms. The van der Waals surface area contributed by atoms with Gasteiger partial charge in [-0.1, -0.05) is 11.6 Å². The van der Waals surface area contributed by atoms with Gasteiger partial charge in [0.1, 0.15) is 18.0 Å². The van der Waals surface area contributed by atoms with Crippen LogP contribution in [0.3, 0.4) is 0 Å². The highest BCUT2D eigenvalue weighted by Crippen LogP contribution is 2.23. The van der Waals surface area contributed by atoms with E-state index >= 15 is 0 Å². The summed E-state index contributed by atoms with van der Waals surface area (Å²) in [5.74, 6) is 0.809. The number of halogens is 1. The second kappa shape index (κ2) is 8.57. The van der Waals surface area contributed by atoms with E-state index in [-0.39, 0.29) is 19.1 Å². The Bertz CT molecular complexity index is 604. The number of β-amino-alcohol motifs (C(OH)–C–C–N with tert-alkyl or cyclic N) is 1. The molecule has 1 atom stereocenters. The number of carbonyl (C=O) groups is 1. The molecule has 1 aromatic rings. The number of ether oxygens (including phenoxy) is 2. The van der Waals surface area contributed by atoms with Gasteiger partial charge in [-0.15, -0.1) is 0 Å². The van der Waals surface area contributed by atoms with E-state index in [9.17, 15) is 9.90 Å². The summed E-state index contributed by atoms with van der Waals surface area (Å²) < 4.78 is 11.4. The molecule has 7 heteroatoms. The van der Waals surface area contributed by atoms with Gasteiger partial charge in [-0.3, -0.25) is 9.69 Å². The van der Waals surface area contributed by atoms with Crippen LogP contribution < -0.4 is 4.74 Å². The smallest absolute Gasteiger partial charge is 0.219 e. The van der Waals surface area contributed by atoms with Crippen LogP contribution in [0.1, 0.15) is 19.8 Å². The van der Waals surface area contributed by atoms with E-state index in [1.165, 1.54) is 0 Å². The number of amides is 1. The maximum absolute atomic E-state index is 11.5. The summed E-state index contributed by atoms with van der Waals surface area (Å²) in [6.45, 7) is 5.47. The number of carbonyl (C=O) groups excluding carboxylic acids is 1. The Kier molecular flexibility index (Phi) is 6.40. The van der Waals surface area contributed by atoms with Crippen LogP contribution in [0.15, 0.2) is 24.3 Å². The normalized spacial score (nSPS) is 25.7. The number of likely N-dealkylation sites (tertiary alicyclic amines) is 1. The molecule has 6 nitrogen and oxygen atoms in total. The third kappa shape index (κ3) is 5.10. The third-order valence-electron chi connectivity index (χ3n) is 5.14. The number of nitrogens with zero attached hydrogens (tertiary/aromatic N) is 2. The average molecular weight is 383 g/mol. The molecule has 1 N–H and O–H groups in total. The Morgan fingerprint density at radius 3 is 2.65 bits per heavy atom. The van der Waals surface area contributed by atoms with Crippen LogP contribution in [0, 0.1) is 0 Å². The predicted molar refractivity (Wildman–Crippen MR) is 99.6 cm³/mol. The van der Waals surface area contributed by atoms with Gasteiger partial charge in [-0.05, 0) is 37.1 Å². The lowest BCUT2D eigenvalue weighted by Gasteiger charge is -2.40. The van der Waals surface area contributed by atoms with Crippen LogP contribution in [0.25, 0.3) is 0 Å². The van der Waals surface area contributed by atoms with E-state index in [4.69, 9.17) is 21.1 Å². The molecule has 0 spiro atoms. The minimum absolute atomic E-state index is 0.135. The van der Waals surface area contributed by atoms with Crippen molar-refractivity contribution < 1.29 is 19.4 Å². The molecule has 0 aliphatic carbocycles. The topological polar surface area (TPSA) is 62.2 Å². The zero-order valence-electron chi connectivity index (χ0n) is 15.2. The fraction of sp³-hybridized carbons (Fsp3) is 0.632. The second-order valence-corrected chi connectivity index (χ2v) is 7.66. The van der Waals surface area contributed by atoms with Gasteiger partial charge in [0.05, 0.1) is 13.2 Å². The molecule has 3 rings (SSSR count). The molecule has 2 heterocycles. The number of hydrogen-bond donors (Lipinski definition) is 1. The predicted octanol–water partition coefficient (Wildman–Crippen LogP) is 1.79. The van der Waals surface area contributed by atoms with Gasteiger partial charge in [0.25, 0.3) is 0 Å². The Labute approximate surface area is 159 Å². The van der Waals surface area contributed by atoms with Crippen molar-refractivity contribution in [2.45, 2.75) is 31.4 Å². The maximum Gasteiger partial charge on any atom is 0.219 e. The highest BCUT2D eigenvalue weighted by Gasteiger charge is 2.37. The van der Waals surface area contributed by atoms with E-state index in [1.807, 2.05) is 4.90 Å². The summed E-state index contributed by atoms with van der Waals surface area (Å²) in [7, 11) is 0. The fourth-order valence-electron chi connectivity index (χ4n) is 3.64. The molecule has 1 amide bonds. The fourth-order valence-corrected chi connectivity index (χ4v) is 3.77. The summed E-state index contributed by atoms with van der Waals surface area (Å²) in [6.07, 6.45) is 1.85. The number of rotatable bonds is 4. The van der Waals surface area contributed by atoms with E-state index in [0.29, 0.717) is 30.0 Å². The SMILES string of the molecule is CC(=O)N1CCC(N2CCOC[C@@](O)(COc3ccc(Cl)cc3)C2)CC1. The summed E-state index contributed by atoms with van der Waals surface area (Å²) in [4.78, 5) is 15.7. The largest absolute Gasteiger partial charge is 0.490 e. The summed E-state index contributed by atoms with van der Waals surface area (Å²) in [5, 5.41) is 11.7. The molecule has 2 saturated heterocycles. The number of hydrogen-bond acceptors (Lipinski definition) is 5. The minimum Gasteiger partial charge on any atom is -0.490 e. The maximum atomic E-state index is 11.5. The van der Waals surface area contributed by atoms with Crippen LogP contribution in [0.4, 0.5) is 0 Å². The first kappa shape index (κ1) is 19.4. The summed E-state index contributed by atoms with van der Waals surface area (Å²) in [5.41, 5.74) is -1.06. The lowest BCUT2D eigenvalue weighted by Crippen LogP contribution is -2.53. The van der Waals surface area contributed by atoms with Crippen molar-refractivity contribution in [2.24, 2.45) is 0 Å². The molecule has 0 bridgehead atoms. The van der Waals surface area contributed by atoms with Gasteiger partial charge in [0.2, 0.25) is 5.91 Å². The van der Waals surface area contributed by atoms with Crippen molar-refractivity contribution in [3.8, 4) is 5.75 Å². The molecule has 0 radical (unpaired) electrons. The number of piperidine rings is 1. The van der Waals surface area contributed by atoms with Crippen LogP contribution in [-0.4, -0.2) is 78.5 Å². The molecular weight excluding hydrogens is 356 g/mol. The Morgan fingerprint density at radius 2 is 2.00 bits per heavy atom. The average Bonchev–Trinajstić information content (AvgIpc) is 2.84. The number of aliphatic hydroxyl groups is 1. The van der Waals surface area contributed by atoms with Gasteiger partial charge in [-0.2, -0.15) is 0 Å². The highest BCUT2D eigenvalue weighted by molar-refractivity contribution is 6.30. The second-order valence-electron chi connectivity index (χ2n) is 7.23. The van der Waals surface area contributed by atoms with Gasteiger partial charge >= 0.3 is 0 Å². The Balaban J connectivity index is 1.57. The van der Waals surface area contributed by atoms with Crippen LogP contribution in [0.5, 0.6) is 5.75 Å². The van der Waals surface area contributed by atoms with Crippen LogP contribution in [-0.2, 0) is 9.53 Å². The van der Waals surface area contributed by atoms with Crippen molar-refractivity contribution in [3.63, 3.8) is 0 Å². The highest BCUT2D eigenvalue weighted by atomic mass is 35.5. The lowest BCUT2D eigenvalue weighted by molar-refractivity contribution is -0.130. The zero-order chi connectivity index (χ0) is 18.6.